The van der Waals surface area contributed by atoms with Gasteiger partial charge in [0.2, 0.25) is 0 Å². The van der Waals surface area contributed by atoms with E-state index in [2.05, 4.69) is 15.2 Å². The summed E-state index contributed by atoms with van der Waals surface area (Å²) in [6.07, 6.45) is 9.10. The summed E-state index contributed by atoms with van der Waals surface area (Å²) in [5.74, 6) is 0.971. The van der Waals surface area contributed by atoms with Gasteiger partial charge in [-0.3, -0.25) is 9.88 Å². The van der Waals surface area contributed by atoms with Crippen molar-refractivity contribution in [2.24, 2.45) is 0 Å². The van der Waals surface area contributed by atoms with Crippen molar-refractivity contribution in [3.8, 4) is 5.75 Å². The molecule has 0 saturated carbocycles. The highest BCUT2D eigenvalue weighted by molar-refractivity contribution is 5.86. The Morgan fingerprint density at radius 3 is 2.05 bits per heavy atom. The Labute approximate surface area is 150 Å². The van der Waals surface area contributed by atoms with Crippen LogP contribution in [0.1, 0.15) is 25.7 Å². The highest BCUT2D eigenvalue weighted by Crippen LogP contribution is 2.39. The lowest BCUT2D eigenvalue weighted by molar-refractivity contribution is 0.00607. The van der Waals surface area contributed by atoms with Crippen molar-refractivity contribution >= 4 is 37.2 Å². The van der Waals surface area contributed by atoms with Crippen LogP contribution in [0.5, 0.6) is 5.75 Å². The first kappa shape index (κ1) is 19.8. The minimum absolute atomic E-state index is 0. The molecule has 0 unspecified atom stereocenters. The van der Waals surface area contributed by atoms with Crippen LogP contribution in [0.25, 0.3) is 0 Å². The number of halogens is 3. The maximum Gasteiger partial charge on any atom is 0.122 e. The van der Waals surface area contributed by atoms with Crippen molar-refractivity contribution in [1.82, 2.24) is 15.2 Å². The number of nitrogens with zero attached hydrogens (tertiary/aromatic N) is 2. The van der Waals surface area contributed by atoms with Crippen LogP contribution in [0.15, 0.2) is 24.5 Å². The molecule has 2 bridgehead atoms. The summed E-state index contributed by atoms with van der Waals surface area (Å²) in [6.45, 7) is 2.37. The van der Waals surface area contributed by atoms with Crippen LogP contribution in [0.3, 0.4) is 0 Å². The number of nitrogens with one attached hydrogen (secondary N) is 1. The van der Waals surface area contributed by atoms with Crippen molar-refractivity contribution in [2.75, 3.05) is 13.1 Å². The quantitative estimate of drug-likeness (QED) is 0.890. The van der Waals surface area contributed by atoms with Gasteiger partial charge >= 0.3 is 0 Å². The predicted octanol–water partition coefficient (Wildman–Crippen LogP) is 2.69. The molecular formula is C15H24Cl3N3O. The van der Waals surface area contributed by atoms with Crippen LogP contribution in [0.2, 0.25) is 0 Å². The molecule has 126 valence electrons. The second-order valence-electron chi connectivity index (χ2n) is 6.04. The summed E-state index contributed by atoms with van der Waals surface area (Å²) in [6, 6.07) is 6.21. The van der Waals surface area contributed by atoms with Crippen LogP contribution in [0, 0.1) is 0 Å². The molecule has 3 saturated heterocycles. The lowest BCUT2D eigenvalue weighted by Crippen LogP contribution is -2.62. The average Bonchev–Trinajstić information content (AvgIpc) is 2.62. The van der Waals surface area contributed by atoms with Crippen LogP contribution < -0.4 is 10.1 Å². The van der Waals surface area contributed by atoms with Crippen molar-refractivity contribution in [3.63, 3.8) is 0 Å². The van der Waals surface area contributed by atoms with Crippen molar-refractivity contribution in [1.29, 1.82) is 0 Å². The summed E-state index contributed by atoms with van der Waals surface area (Å²) < 4.78 is 6.13. The molecule has 0 aliphatic carbocycles. The number of ether oxygens (including phenoxy) is 1. The third kappa shape index (κ3) is 3.80. The maximum atomic E-state index is 6.13. The second kappa shape index (κ2) is 8.55. The van der Waals surface area contributed by atoms with Crippen molar-refractivity contribution in [3.05, 3.63) is 24.5 Å². The minimum atomic E-state index is 0. The van der Waals surface area contributed by atoms with Gasteiger partial charge in [-0.1, -0.05) is 0 Å². The van der Waals surface area contributed by atoms with Gasteiger partial charge in [0.05, 0.1) is 0 Å². The molecule has 3 fully saturated rings. The zero-order valence-electron chi connectivity index (χ0n) is 12.4. The van der Waals surface area contributed by atoms with Gasteiger partial charge in [0.15, 0.2) is 0 Å². The topological polar surface area (TPSA) is 37.4 Å². The molecule has 1 N–H and O–H groups in total. The summed E-state index contributed by atoms with van der Waals surface area (Å²) in [5, 5.41) is 3.40. The van der Waals surface area contributed by atoms with E-state index in [9.17, 15) is 0 Å². The van der Waals surface area contributed by atoms with E-state index in [4.69, 9.17) is 4.74 Å². The molecule has 3 aliphatic rings. The van der Waals surface area contributed by atoms with Crippen molar-refractivity contribution in [2.45, 2.75) is 49.9 Å². The fourth-order valence-electron chi connectivity index (χ4n) is 3.95. The fraction of sp³-hybridized carbons (Fsp3) is 0.667. The van der Waals surface area contributed by atoms with E-state index in [0.29, 0.717) is 6.10 Å². The predicted molar refractivity (Wildman–Crippen MR) is 94.9 cm³/mol. The van der Waals surface area contributed by atoms with Gasteiger partial charge in [0, 0.05) is 43.6 Å². The Hall–Kier alpha value is -0.260. The van der Waals surface area contributed by atoms with Gasteiger partial charge in [-0.05, 0) is 37.8 Å². The monoisotopic (exact) mass is 367 g/mol. The zero-order chi connectivity index (χ0) is 12.7. The Morgan fingerprint density at radius 2 is 1.55 bits per heavy atom. The molecule has 7 heteroatoms. The number of hydrogen-bond donors (Lipinski definition) is 1. The highest BCUT2D eigenvalue weighted by atomic mass is 35.5. The van der Waals surface area contributed by atoms with Gasteiger partial charge < -0.3 is 10.1 Å². The molecule has 4 rings (SSSR count). The SMILES string of the molecule is Cl.Cl.Cl.c1cc(O[C@H]2C[C@H]3CC[C@@H](C2)N3C2CNC2)ccn1. The molecule has 1 aromatic heterocycles. The summed E-state index contributed by atoms with van der Waals surface area (Å²) in [5.41, 5.74) is 0. The second-order valence-corrected chi connectivity index (χ2v) is 6.04. The lowest BCUT2D eigenvalue weighted by atomic mass is 9.95. The van der Waals surface area contributed by atoms with E-state index < -0.39 is 0 Å². The molecular weight excluding hydrogens is 345 g/mol. The van der Waals surface area contributed by atoms with Gasteiger partial charge in [0.25, 0.3) is 0 Å². The van der Waals surface area contributed by atoms with E-state index in [-0.39, 0.29) is 37.2 Å². The smallest absolute Gasteiger partial charge is 0.122 e. The Bertz CT molecular complexity index is 433. The molecule has 3 atom stereocenters. The molecule has 0 amide bonds. The first-order valence-corrected chi connectivity index (χ1v) is 7.45. The Morgan fingerprint density at radius 1 is 0.955 bits per heavy atom. The van der Waals surface area contributed by atoms with Gasteiger partial charge in [-0.25, -0.2) is 0 Å². The molecule has 0 spiro atoms. The number of piperidine rings is 1. The van der Waals surface area contributed by atoms with Crippen LogP contribution in [-0.2, 0) is 0 Å². The molecule has 4 nitrogen and oxygen atoms in total. The molecule has 3 aliphatic heterocycles. The van der Waals surface area contributed by atoms with E-state index in [1.54, 1.807) is 12.4 Å². The Kier molecular flexibility index (Phi) is 7.69. The van der Waals surface area contributed by atoms with Gasteiger partial charge in [0.1, 0.15) is 11.9 Å². The van der Waals surface area contributed by atoms with Crippen LogP contribution in [0.4, 0.5) is 0 Å². The average molecular weight is 369 g/mol. The standard InChI is InChI=1S/C15H21N3O.3ClH/c1-2-12-8-15(19-14-3-5-16-6-4-14)7-11(1)18(12)13-9-17-10-13;;;/h3-6,11-13,15,17H,1-2,7-10H2;3*1H/t11-,12+,15+;;;. The van der Waals surface area contributed by atoms with Crippen LogP contribution in [-0.4, -0.2) is 47.2 Å². The molecule has 0 aromatic carbocycles. The fourth-order valence-corrected chi connectivity index (χ4v) is 3.95. The summed E-state index contributed by atoms with van der Waals surface area (Å²) in [4.78, 5) is 6.82. The van der Waals surface area contributed by atoms with E-state index in [1.807, 2.05) is 12.1 Å². The van der Waals surface area contributed by atoms with Crippen molar-refractivity contribution < 1.29 is 4.74 Å². The minimum Gasteiger partial charge on any atom is -0.490 e. The molecule has 1 aromatic rings. The zero-order valence-corrected chi connectivity index (χ0v) is 14.8. The summed E-state index contributed by atoms with van der Waals surface area (Å²) in [7, 11) is 0. The molecule has 4 heterocycles. The highest BCUT2D eigenvalue weighted by Gasteiger charge is 2.45. The van der Waals surface area contributed by atoms with Crippen LogP contribution >= 0.6 is 37.2 Å². The normalized spacial score (nSPS) is 30.3. The van der Waals surface area contributed by atoms with Gasteiger partial charge in [-0.15, -0.1) is 37.2 Å². The first-order valence-electron chi connectivity index (χ1n) is 7.45. The Balaban J connectivity index is 0.000000807. The molecule has 22 heavy (non-hydrogen) atoms. The van der Waals surface area contributed by atoms with E-state index in [1.165, 1.54) is 38.8 Å². The largest absolute Gasteiger partial charge is 0.490 e. The lowest BCUT2D eigenvalue weighted by Gasteiger charge is -2.47. The first-order chi connectivity index (χ1) is 9.40. The third-order valence-electron chi connectivity index (χ3n) is 4.88. The van der Waals surface area contributed by atoms with E-state index in [0.717, 1.165) is 23.9 Å². The number of hydrogen-bond acceptors (Lipinski definition) is 4. The number of rotatable bonds is 3. The molecule has 0 radical (unpaired) electrons. The maximum absolute atomic E-state index is 6.13. The van der Waals surface area contributed by atoms with Gasteiger partial charge in [-0.2, -0.15) is 0 Å². The number of fused-ring (bicyclic) bond motifs is 2. The summed E-state index contributed by atoms with van der Waals surface area (Å²) >= 11 is 0. The number of pyridine rings is 1. The van der Waals surface area contributed by atoms with E-state index >= 15 is 0 Å². The number of aromatic nitrogens is 1. The third-order valence-corrected chi connectivity index (χ3v) is 4.88.